The van der Waals surface area contributed by atoms with Crippen LogP contribution in [0.3, 0.4) is 0 Å². The third-order valence-electron chi connectivity index (χ3n) is 4.24. The van der Waals surface area contributed by atoms with Crippen LogP contribution in [-0.4, -0.2) is 30.2 Å². The molecule has 0 N–H and O–H groups in total. The van der Waals surface area contributed by atoms with Gasteiger partial charge in [-0.2, -0.15) is 15.5 Å². The van der Waals surface area contributed by atoms with Crippen LogP contribution in [0.4, 0.5) is 0 Å². The fraction of sp³-hybridized carbons (Fsp3) is 0.105. The predicted molar refractivity (Wildman–Crippen MR) is 103 cm³/mol. The number of hydrogen-bond donors (Lipinski definition) is 0. The first kappa shape index (κ1) is 17.1. The second-order valence-corrected chi connectivity index (χ2v) is 7.00. The number of hydrogen-bond acceptors (Lipinski definition) is 5. The molecule has 0 radical (unpaired) electrons. The molecular weight excluding hydrogens is 408 g/mol. The molecule has 0 aliphatic rings. The Morgan fingerprint density at radius 2 is 2.07 bits per heavy atom. The summed E-state index contributed by atoms with van der Waals surface area (Å²) in [6.45, 7) is 3.36. The lowest BCUT2D eigenvalue weighted by molar-refractivity contribution is 0.101. The number of fused-ring (bicyclic) bond motifs is 1. The third-order valence-corrected chi connectivity index (χ3v) is 4.65. The number of carbonyl (C=O) groups is 1. The fourth-order valence-electron chi connectivity index (χ4n) is 3.00. The summed E-state index contributed by atoms with van der Waals surface area (Å²) in [6.07, 6.45) is 5.27. The van der Waals surface area contributed by atoms with Gasteiger partial charge in [0.05, 0.1) is 16.4 Å². The minimum absolute atomic E-state index is 0.0770. The zero-order valence-electron chi connectivity index (χ0n) is 14.5. The van der Waals surface area contributed by atoms with Crippen LogP contribution in [0.25, 0.3) is 22.5 Å². The number of ketones is 1. The minimum atomic E-state index is -0.0770. The summed E-state index contributed by atoms with van der Waals surface area (Å²) in [5, 5.41) is 17.8. The maximum atomic E-state index is 12.1. The van der Waals surface area contributed by atoms with E-state index >= 15 is 0 Å². The highest BCUT2D eigenvalue weighted by Gasteiger charge is 2.16. The molecule has 0 saturated carbocycles. The first-order valence-corrected chi connectivity index (χ1v) is 8.88. The molecule has 7 nitrogen and oxygen atoms in total. The molecule has 0 spiro atoms. The number of aryl methyl sites for hydroxylation is 1. The van der Waals surface area contributed by atoms with Gasteiger partial charge in [-0.3, -0.25) is 4.79 Å². The largest absolute Gasteiger partial charge is 0.294 e. The Hall–Kier alpha value is -3.31. The molecule has 0 fully saturated rings. The van der Waals surface area contributed by atoms with Gasteiger partial charge in [-0.05, 0) is 53.5 Å². The van der Waals surface area contributed by atoms with Crippen LogP contribution in [-0.2, 0) is 0 Å². The van der Waals surface area contributed by atoms with Crippen molar-refractivity contribution in [3.05, 3.63) is 64.3 Å². The van der Waals surface area contributed by atoms with Crippen molar-refractivity contribution in [2.45, 2.75) is 13.8 Å². The first-order valence-electron chi connectivity index (χ1n) is 8.09. The predicted octanol–water partition coefficient (Wildman–Crippen LogP) is 3.73. The Kier molecular flexibility index (Phi) is 4.09. The molecule has 0 aliphatic heterocycles. The van der Waals surface area contributed by atoms with E-state index in [0.29, 0.717) is 22.6 Å². The van der Waals surface area contributed by atoms with E-state index in [4.69, 9.17) is 5.26 Å². The monoisotopic (exact) mass is 420 g/mol. The summed E-state index contributed by atoms with van der Waals surface area (Å²) < 4.78 is 4.13. The summed E-state index contributed by atoms with van der Waals surface area (Å²) in [6, 6.07) is 9.23. The first-order chi connectivity index (χ1) is 13.0. The van der Waals surface area contributed by atoms with E-state index < -0.39 is 0 Å². The van der Waals surface area contributed by atoms with Crippen LogP contribution in [0.1, 0.15) is 28.7 Å². The molecule has 0 unspecified atom stereocenters. The second kappa shape index (κ2) is 6.45. The van der Waals surface area contributed by atoms with Crippen LogP contribution in [0, 0.1) is 18.3 Å². The molecule has 0 saturated heterocycles. The molecule has 4 aromatic rings. The number of nitriles is 1. The van der Waals surface area contributed by atoms with Gasteiger partial charge in [0.15, 0.2) is 17.1 Å². The molecule has 3 aromatic heterocycles. The summed E-state index contributed by atoms with van der Waals surface area (Å²) in [5.74, 6) is -0.0770. The highest BCUT2D eigenvalue weighted by molar-refractivity contribution is 9.10. The standard InChI is InChI=1S/C19H13BrN6O/c1-11-5-15(7-21)24-26(11)18-6-13(3-4-16(18)12(2)27)17-9-23-25-10-14(20)8-22-19(17)25/h3-6,8-10H,1-2H3. The summed E-state index contributed by atoms with van der Waals surface area (Å²) >= 11 is 3.38. The number of rotatable bonds is 3. The molecule has 0 aliphatic carbocycles. The zero-order chi connectivity index (χ0) is 19.1. The van der Waals surface area contributed by atoms with E-state index in [-0.39, 0.29) is 5.78 Å². The molecule has 4 rings (SSSR count). The Balaban J connectivity index is 1.94. The van der Waals surface area contributed by atoms with E-state index in [1.807, 2.05) is 31.3 Å². The van der Waals surface area contributed by atoms with E-state index in [1.165, 1.54) is 6.92 Å². The van der Waals surface area contributed by atoms with E-state index in [0.717, 1.165) is 21.3 Å². The fourth-order valence-corrected chi connectivity index (χ4v) is 3.30. The van der Waals surface area contributed by atoms with Crippen molar-refractivity contribution in [2.24, 2.45) is 0 Å². The van der Waals surface area contributed by atoms with Crippen molar-refractivity contribution in [1.29, 1.82) is 5.26 Å². The van der Waals surface area contributed by atoms with Crippen molar-refractivity contribution in [3.63, 3.8) is 0 Å². The van der Waals surface area contributed by atoms with Crippen molar-refractivity contribution < 1.29 is 4.79 Å². The normalized spacial score (nSPS) is 10.9. The number of benzene rings is 1. The van der Waals surface area contributed by atoms with Crippen LogP contribution in [0.2, 0.25) is 0 Å². The van der Waals surface area contributed by atoms with E-state index in [2.05, 4.69) is 31.1 Å². The average Bonchev–Trinajstić information content (AvgIpc) is 3.23. The second-order valence-electron chi connectivity index (χ2n) is 6.08. The molecule has 0 bridgehead atoms. The van der Waals surface area contributed by atoms with Crippen LogP contribution < -0.4 is 0 Å². The summed E-state index contributed by atoms with van der Waals surface area (Å²) in [5.41, 5.74) is 4.62. The number of nitrogens with zero attached hydrogens (tertiary/aromatic N) is 6. The summed E-state index contributed by atoms with van der Waals surface area (Å²) in [7, 11) is 0. The van der Waals surface area contributed by atoms with Crippen LogP contribution in [0.5, 0.6) is 0 Å². The highest BCUT2D eigenvalue weighted by Crippen LogP contribution is 2.28. The Labute approximate surface area is 163 Å². The molecule has 132 valence electrons. The SMILES string of the molecule is CC(=O)c1ccc(-c2cnn3cc(Br)cnc23)cc1-n1nc(C#N)cc1C. The van der Waals surface area contributed by atoms with Gasteiger partial charge in [0.2, 0.25) is 0 Å². The lowest BCUT2D eigenvalue weighted by Crippen LogP contribution is -2.07. The average molecular weight is 421 g/mol. The third kappa shape index (κ3) is 2.92. The minimum Gasteiger partial charge on any atom is -0.294 e. The Morgan fingerprint density at radius 3 is 2.78 bits per heavy atom. The van der Waals surface area contributed by atoms with Crippen molar-refractivity contribution in [1.82, 2.24) is 24.4 Å². The molecule has 3 heterocycles. The lowest BCUT2D eigenvalue weighted by Gasteiger charge is -2.11. The number of carbonyl (C=O) groups excluding carboxylic acids is 1. The smallest absolute Gasteiger partial charge is 0.163 e. The Bertz CT molecular complexity index is 1250. The quantitative estimate of drug-likeness (QED) is 0.471. The van der Waals surface area contributed by atoms with E-state index in [9.17, 15) is 4.79 Å². The zero-order valence-corrected chi connectivity index (χ0v) is 16.1. The topological polar surface area (TPSA) is 88.9 Å². The molecule has 0 atom stereocenters. The van der Waals surface area contributed by atoms with Crippen molar-refractivity contribution in [3.8, 4) is 22.9 Å². The van der Waals surface area contributed by atoms with E-state index in [1.54, 1.807) is 33.7 Å². The van der Waals surface area contributed by atoms with Gasteiger partial charge in [-0.15, -0.1) is 0 Å². The molecular formula is C19H13BrN6O. The van der Waals surface area contributed by atoms with Gasteiger partial charge in [-0.1, -0.05) is 6.07 Å². The van der Waals surface area contributed by atoms with Gasteiger partial charge < -0.3 is 0 Å². The molecule has 0 amide bonds. The summed E-state index contributed by atoms with van der Waals surface area (Å²) in [4.78, 5) is 16.6. The van der Waals surface area contributed by atoms with Crippen molar-refractivity contribution in [2.75, 3.05) is 0 Å². The maximum Gasteiger partial charge on any atom is 0.163 e. The Morgan fingerprint density at radius 1 is 1.26 bits per heavy atom. The lowest BCUT2D eigenvalue weighted by atomic mass is 10.0. The molecule has 27 heavy (non-hydrogen) atoms. The van der Waals surface area contributed by atoms with Gasteiger partial charge in [0.1, 0.15) is 6.07 Å². The van der Waals surface area contributed by atoms with Gasteiger partial charge in [0, 0.05) is 29.2 Å². The number of halogens is 1. The molecule has 8 heteroatoms. The number of aromatic nitrogens is 5. The highest BCUT2D eigenvalue weighted by atomic mass is 79.9. The van der Waals surface area contributed by atoms with Crippen molar-refractivity contribution >= 4 is 27.4 Å². The maximum absolute atomic E-state index is 12.1. The molecule has 1 aromatic carbocycles. The number of Topliss-reactive ketones (excluding diaryl/α,β-unsaturated/α-hetero) is 1. The van der Waals surface area contributed by atoms with Crippen LogP contribution in [0.15, 0.2) is 47.3 Å². The van der Waals surface area contributed by atoms with Gasteiger partial charge in [0.25, 0.3) is 0 Å². The van der Waals surface area contributed by atoms with Crippen LogP contribution >= 0.6 is 15.9 Å². The van der Waals surface area contributed by atoms with Gasteiger partial charge >= 0.3 is 0 Å². The van der Waals surface area contributed by atoms with Gasteiger partial charge in [-0.25, -0.2) is 14.2 Å².